The number of carbonyl (C=O) groups is 1. The molecule has 0 amide bonds. The molecule has 1 saturated carbocycles. The number of carboxylic acid groups (broad SMARTS) is 1. The normalized spacial score (nSPS) is 24.6. The predicted octanol–water partition coefficient (Wildman–Crippen LogP) is 2.24. The first-order chi connectivity index (χ1) is 5.41. The summed E-state index contributed by atoms with van der Waals surface area (Å²) in [6.07, 6.45) is 0.450. The zero-order valence-electron chi connectivity index (χ0n) is 7.51. The summed E-state index contributed by atoms with van der Waals surface area (Å²) < 4.78 is 12.6. The zero-order valence-corrected chi connectivity index (χ0v) is 7.51. The number of alkyl halides is 1. The monoisotopic (exact) mass is 174 g/mol. The highest BCUT2D eigenvalue weighted by atomic mass is 19.1. The van der Waals surface area contributed by atoms with Crippen molar-refractivity contribution in [3.63, 3.8) is 0 Å². The average Bonchev–Trinajstić information content (AvgIpc) is 1.83. The van der Waals surface area contributed by atoms with E-state index in [4.69, 9.17) is 5.11 Å². The molecule has 70 valence electrons. The Balaban J connectivity index is 2.23. The number of carboxylic acids is 1. The molecule has 12 heavy (non-hydrogen) atoms. The summed E-state index contributed by atoms with van der Waals surface area (Å²) in [4.78, 5) is 10.2. The van der Waals surface area contributed by atoms with Crippen LogP contribution >= 0.6 is 0 Å². The Morgan fingerprint density at radius 2 is 2.17 bits per heavy atom. The van der Waals surface area contributed by atoms with Crippen molar-refractivity contribution < 1.29 is 14.3 Å². The van der Waals surface area contributed by atoms with Gasteiger partial charge in [0.1, 0.15) is 0 Å². The summed E-state index contributed by atoms with van der Waals surface area (Å²) in [5.41, 5.74) is 0.308. The predicted molar refractivity (Wildman–Crippen MR) is 43.7 cm³/mol. The molecule has 1 aliphatic rings. The summed E-state index contributed by atoms with van der Waals surface area (Å²) in [5, 5.41) is 8.31. The Bertz CT molecular complexity index is 181. The summed E-state index contributed by atoms with van der Waals surface area (Å²) in [7, 11) is 0. The number of rotatable bonds is 3. The van der Waals surface area contributed by atoms with E-state index >= 15 is 0 Å². The highest BCUT2D eigenvalue weighted by Gasteiger charge is 2.38. The second kappa shape index (κ2) is 3.04. The minimum absolute atomic E-state index is 0.193. The Kier molecular flexibility index (Phi) is 2.40. The SMILES string of the molecule is CC1(C)CC(C[C@H](F)C(=O)O)C1. The molecule has 1 rings (SSSR count). The van der Waals surface area contributed by atoms with Gasteiger partial charge in [0.05, 0.1) is 0 Å². The van der Waals surface area contributed by atoms with Crippen molar-refractivity contribution in [3.05, 3.63) is 0 Å². The van der Waals surface area contributed by atoms with Crippen molar-refractivity contribution in [1.29, 1.82) is 0 Å². The molecular weight excluding hydrogens is 159 g/mol. The topological polar surface area (TPSA) is 37.3 Å². The Hall–Kier alpha value is -0.600. The van der Waals surface area contributed by atoms with Crippen LogP contribution in [0.1, 0.15) is 33.1 Å². The van der Waals surface area contributed by atoms with Gasteiger partial charge in [0, 0.05) is 0 Å². The lowest BCUT2D eigenvalue weighted by Gasteiger charge is -2.42. The maximum Gasteiger partial charge on any atom is 0.338 e. The van der Waals surface area contributed by atoms with Crippen molar-refractivity contribution in [2.45, 2.75) is 39.3 Å². The lowest BCUT2D eigenvalue weighted by Crippen LogP contribution is -2.34. The van der Waals surface area contributed by atoms with Gasteiger partial charge in [-0.05, 0) is 30.6 Å². The molecule has 0 aromatic heterocycles. The second-order valence-electron chi connectivity index (χ2n) is 4.48. The smallest absolute Gasteiger partial charge is 0.338 e. The summed E-state index contributed by atoms with van der Waals surface area (Å²) >= 11 is 0. The molecule has 3 heteroatoms. The average molecular weight is 174 g/mol. The molecule has 0 bridgehead atoms. The maximum absolute atomic E-state index is 12.6. The van der Waals surface area contributed by atoms with Crippen LogP contribution in [-0.4, -0.2) is 17.2 Å². The van der Waals surface area contributed by atoms with E-state index in [1.807, 2.05) is 0 Å². The van der Waals surface area contributed by atoms with Crippen molar-refractivity contribution in [2.75, 3.05) is 0 Å². The first-order valence-corrected chi connectivity index (χ1v) is 4.27. The lowest BCUT2D eigenvalue weighted by atomic mass is 9.63. The van der Waals surface area contributed by atoms with Gasteiger partial charge in [-0.25, -0.2) is 9.18 Å². The summed E-state index contributed by atoms with van der Waals surface area (Å²) in [6, 6.07) is 0. The van der Waals surface area contributed by atoms with Crippen LogP contribution in [0.15, 0.2) is 0 Å². The standard InChI is InChI=1S/C9H15FO2/c1-9(2)4-6(5-9)3-7(10)8(11)12/h6-7H,3-5H2,1-2H3,(H,11,12)/t7-/m0/s1. The molecule has 0 aromatic carbocycles. The van der Waals surface area contributed by atoms with Gasteiger partial charge in [0.25, 0.3) is 0 Å². The fraction of sp³-hybridized carbons (Fsp3) is 0.889. The summed E-state index contributed by atoms with van der Waals surface area (Å²) in [5.74, 6) is -1.04. The molecule has 0 saturated heterocycles. The van der Waals surface area contributed by atoms with E-state index in [2.05, 4.69) is 13.8 Å². The number of aliphatic carboxylic acids is 1. The van der Waals surface area contributed by atoms with Gasteiger partial charge in [-0.15, -0.1) is 0 Å². The highest BCUT2D eigenvalue weighted by molar-refractivity contribution is 5.72. The first kappa shape index (κ1) is 9.49. The van der Waals surface area contributed by atoms with Crippen molar-refractivity contribution in [1.82, 2.24) is 0 Å². The van der Waals surface area contributed by atoms with E-state index in [-0.39, 0.29) is 12.3 Å². The molecule has 1 atom stereocenters. The van der Waals surface area contributed by atoms with Crippen LogP contribution in [0.2, 0.25) is 0 Å². The Morgan fingerprint density at radius 3 is 2.50 bits per heavy atom. The van der Waals surface area contributed by atoms with E-state index in [1.54, 1.807) is 0 Å². The molecule has 1 N–H and O–H groups in total. The van der Waals surface area contributed by atoms with Crippen LogP contribution in [0.4, 0.5) is 4.39 Å². The first-order valence-electron chi connectivity index (χ1n) is 4.27. The second-order valence-corrected chi connectivity index (χ2v) is 4.48. The van der Waals surface area contributed by atoms with Gasteiger partial charge in [0.2, 0.25) is 0 Å². The largest absolute Gasteiger partial charge is 0.479 e. The van der Waals surface area contributed by atoms with E-state index in [0.717, 1.165) is 12.8 Å². The quantitative estimate of drug-likeness (QED) is 0.712. The van der Waals surface area contributed by atoms with Gasteiger partial charge in [-0.1, -0.05) is 13.8 Å². The van der Waals surface area contributed by atoms with Gasteiger partial charge in [-0.3, -0.25) is 0 Å². The van der Waals surface area contributed by atoms with Crippen molar-refractivity contribution in [2.24, 2.45) is 11.3 Å². The van der Waals surface area contributed by atoms with Gasteiger partial charge >= 0.3 is 5.97 Å². The van der Waals surface area contributed by atoms with E-state index < -0.39 is 12.1 Å². The molecule has 1 aliphatic carbocycles. The van der Waals surface area contributed by atoms with Gasteiger partial charge in [-0.2, -0.15) is 0 Å². The third kappa shape index (κ3) is 2.19. The molecule has 0 heterocycles. The third-order valence-corrected chi connectivity index (χ3v) is 2.49. The zero-order chi connectivity index (χ0) is 9.35. The Morgan fingerprint density at radius 1 is 1.67 bits per heavy atom. The van der Waals surface area contributed by atoms with Crippen molar-refractivity contribution >= 4 is 5.97 Å². The van der Waals surface area contributed by atoms with Crippen LogP contribution in [0.3, 0.4) is 0 Å². The number of hydrogen-bond donors (Lipinski definition) is 1. The van der Waals surface area contributed by atoms with Crippen LogP contribution < -0.4 is 0 Å². The number of hydrogen-bond acceptors (Lipinski definition) is 1. The third-order valence-electron chi connectivity index (χ3n) is 2.49. The summed E-state index contributed by atoms with van der Waals surface area (Å²) in [6.45, 7) is 4.25. The molecule has 0 unspecified atom stereocenters. The Labute approximate surface area is 71.8 Å². The molecule has 0 aromatic rings. The van der Waals surface area contributed by atoms with Gasteiger partial charge in [0.15, 0.2) is 6.17 Å². The fourth-order valence-corrected chi connectivity index (χ4v) is 2.06. The molecule has 0 radical (unpaired) electrons. The van der Waals surface area contributed by atoms with Crippen LogP contribution in [0.5, 0.6) is 0 Å². The van der Waals surface area contributed by atoms with Gasteiger partial charge < -0.3 is 5.11 Å². The van der Waals surface area contributed by atoms with E-state index in [1.165, 1.54) is 0 Å². The minimum Gasteiger partial charge on any atom is -0.479 e. The minimum atomic E-state index is -1.66. The van der Waals surface area contributed by atoms with Crippen LogP contribution in [0.25, 0.3) is 0 Å². The van der Waals surface area contributed by atoms with Crippen molar-refractivity contribution in [3.8, 4) is 0 Å². The fourth-order valence-electron chi connectivity index (χ4n) is 2.06. The maximum atomic E-state index is 12.6. The lowest BCUT2D eigenvalue weighted by molar-refractivity contribution is -0.144. The molecule has 0 aliphatic heterocycles. The highest BCUT2D eigenvalue weighted by Crippen LogP contribution is 2.46. The van der Waals surface area contributed by atoms with E-state index in [0.29, 0.717) is 5.41 Å². The van der Waals surface area contributed by atoms with Crippen LogP contribution in [0, 0.1) is 11.3 Å². The molecule has 0 spiro atoms. The molecule has 1 fully saturated rings. The van der Waals surface area contributed by atoms with E-state index in [9.17, 15) is 9.18 Å². The molecule has 2 nitrogen and oxygen atoms in total. The number of halogens is 1. The van der Waals surface area contributed by atoms with Crippen LogP contribution in [-0.2, 0) is 4.79 Å². The molecular formula is C9H15FO2.